The van der Waals surface area contributed by atoms with Crippen molar-refractivity contribution in [3.63, 3.8) is 0 Å². The van der Waals surface area contributed by atoms with Crippen LogP contribution in [-0.4, -0.2) is 0 Å². The summed E-state index contributed by atoms with van der Waals surface area (Å²) in [7, 11) is 0. The lowest BCUT2D eigenvalue weighted by Crippen LogP contribution is -2.15. The molecule has 0 aliphatic rings. The van der Waals surface area contributed by atoms with E-state index in [0.717, 1.165) is 15.6 Å². The lowest BCUT2D eigenvalue weighted by molar-refractivity contribution is 0.625. The third-order valence-corrected chi connectivity index (χ3v) is 4.17. The van der Waals surface area contributed by atoms with E-state index in [1.54, 1.807) is 12.1 Å². The Morgan fingerprint density at radius 3 is 2.37 bits per heavy atom. The fraction of sp³-hybridized carbons (Fsp3) is 0.250. The predicted molar refractivity (Wildman–Crippen MR) is 80.6 cm³/mol. The second-order valence-electron chi connectivity index (χ2n) is 4.90. The molecule has 0 fully saturated rings. The molecule has 0 radical (unpaired) electrons. The zero-order valence-electron chi connectivity index (χ0n) is 11.1. The van der Waals surface area contributed by atoms with Crippen molar-refractivity contribution in [3.05, 3.63) is 68.9 Å². The summed E-state index contributed by atoms with van der Waals surface area (Å²) < 4.78 is 14.0. The van der Waals surface area contributed by atoms with Crippen molar-refractivity contribution in [1.82, 2.24) is 0 Å². The summed E-state index contributed by atoms with van der Waals surface area (Å²) in [6.45, 7) is 4.11. The molecule has 0 aliphatic carbocycles. The maximum atomic E-state index is 12.9. The van der Waals surface area contributed by atoms with E-state index < -0.39 is 0 Å². The van der Waals surface area contributed by atoms with Crippen LogP contribution in [0.15, 0.2) is 40.9 Å². The van der Waals surface area contributed by atoms with E-state index in [4.69, 9.17) is 5.73 Å². The van der Waals surface area contributed by atoms with Crippen LogP contribution in [0.4, 0.5) is 4.39 Å². The first-order chi connectivity index (χ1) is 8.97. The molecule has 3 heteroatoms. The van der Waals surface area contributed by atoms with Gasteiger partial charge >= 0.3 is 0 Å². The SMILES string of the molecule is Cc1cc(C(N)Cc2ccc(F)cc2)c(C)cc1Br. The van der Waals surface area contributed by atoms with Crippen LogP contribution in [0, 0.1) is 19.7 Å². The highest BCUT2D eigenvalue weighted by Crippen LogP contribution is 2.26. The van der Waals surface area contributed by atoms with E-state index in [2.05, 4.69) is 41.9 Å². The summed E-state index contributed by atoms with van der Waals surface area (Å²) in [5.74, 6) is -0.215. The molecule has 0 saturated heterocycles. The average molecular weight is 322 g/mol. The summed E-state index contributed by atoms with van der Waals surface area (Å²) in [4.78, 5) is 0. The minimum Gasteiger partial charge on any atom is -0.324 e. The lowest BCUT2D eigenvalue weighted by Gasteiger charge is -2.16. The van der Waals surface area contributed by atoms with Crippen LogP contribution in [0.5, 0.6) is 0 Å². The smallest absolute Gasteiger partial charge is 0.123 e. The quantitative estimate of drug-likeness (QED) is 0.888. The molecular weight excluding hydrogens is 305 g/mol. The molecule has 0 aliphatic heterocycles. The van der Waals surface area contributed by atoms with Crippen LogP contribution < -0.4 is 5.73 Å². The molecule has 0 spiro atoms. The Morgan fingerprint density at radius 2 is 1.74 bits per heavy atom. The summed E-state index contributed by atoms with van der Waals surface area (Å²) in [5.41, 5.74) is 10.8. The Balaban J connectivity index is 2.22. The molecule has 1 atom stereocenters. The largest absolute Gasteiger partial charge is 0.324 e. The summed E-state index contributed by atoms with van der Waals surface area (Å²) in [6.07, 6.45) is 0.711. The molecule has 19 heavy (non-hydrogen) atoms. The highest BCUT2D eigenvalue weighted by molar-refractivity contribution is 9.10. The molecule has 2 N–H and O–H groups in total. The molecule has 1 nitrogen and oxygen atoms in total. The maximum absolute atomic E-state index is 12.9. The summed E-state index contributed by atoms with van der Waals surface area (Å²) in [5, 5.41) is 0. The van der Waals surface area contributed by atoms with Crippen molar-refractivity contribution in [3.8, 4) is 0 Å². The average Bonchev–Trinajstić information content (AvgIpc) is 2.36. The van der Waals surface area contributed by atoms with Gasteiger partial charge < -0.3 is 5.73 Å². The Bertz CT molecular complexity index is 578. The Morgan fingerprint density at radius 1 is 1.11 bits per heavy atom. The number of aryl methyl sites for hydroxylation is 2. The van der Waals surface area contributed by atoms with E-state index in [1.807, 2.05) is 0 Å². The molecule has 0 saturated carbocycles. The second-order valence-corrected chi connectivity index (χ2v) is 5.75. The van der Waals surface area contributed by atoms with Gasteiger partial charge in [0.2, 0.25) is 0 Å². The number of hydrogen-bond acceptors (Lipinski definition) is 1. The van der Waals surface area contributed by atoms with Crippen LogP contribution in [0.3, 0.4) is 0 Å². The van der Waals surface area contributed by atoms with E-state index in [1.165, 1.54) is 23.3 Å². The third-order valence-electron chi connectivity index (χ3n) is 3.32. The van der Waals surface area contributed by atoms with Gasteiger partial charge in [-0.1, -0.05) is 34.1 Å². The van der Waals surface area contributed by atoms with E-state index in [-0.39, 0.29) is 11.9 Å². The number of halogens is 2. The van der Waals surface area contributed by atoms with Gasteiger partial charge in [-0.2, -0.15) is 0 Å². The Labute approximate surface area is 121 Å². The van der Waals surface area contributed by atoms with Crippen molar-refractivity contribution in [2.24, 2.45) is 5.73 Å². The van der Waals surface area contributed by atoms with Gasteiger partial charge in [0, 0.05) is 10.5 Å². The fourth-order valence-electron chi connectivity index (χ4n) is 2.19. The van der Waals surface area contributed by atoms with Crippen molar-refractivity contribution >= 4 is 15.9 Å². The van der Waals surface area contributed by atoms with E-state index >= 15 is 0 Å². The van der Waals surface area contributed by atoms with Gasteiger partial charge in [-0.3, -0.25) is 0 Å². The number of hydrogen-bond donors (Lipinski definition) is 1. The first-order valence-electron chi connectivity index (χ1n) is 6.24. The molecule has 0 aromatic heterocycles. The van der Waals surface area contributed by atoms with Crippen LogP contribution in [-0.2, 0) is 6.42 Å². The molecule has 0 bridgehead atoms. The first kappa shape index (κ1) is 14.2. The van der Waals surface area contributed by atoms with Gasteiger partial charge in [0.05, 0.1) is 0 Å². The van der Waals surface area contributed by atoms with Gasteiger partial charge in [-0.15, -0.1) is 0 Å². The molecule has 2 rings (SSSR count). The van der Waals surface area contributed by atoms with Crippen LogP contribution in [0.1, 0.15) is 28.3 Å². The van der Waals surface area contributed by atoms with Crippen molar-refractivity contribution in [2.75, 3.05) is 0 Å². The zero-order chi connectivity index (χ0) is 14.0. The summed E-state index contributed by atoms with van der Waals surface area (Å²) in [6, 6.07) is 10.7. The van der Waals surface area contributed by atoms with Gasteiger partial charge in [0.15, 0.2) is 0 Å². The van der Waals surface area contributed by atoms with Crippen molar-refractivity contribution in [1.29, 1.82) is 0 Å². The topological polar surface area (TPSA) is 26.0 Å². The highest BCUT2D eigenvalue weighted by Gasteiger charge is 2.11. The standard InChI is InChI=1S/C16H17BrFN/c1-10-8-15(17)11(2)7-14(10)16(19)9-12-3-5-13(18)6-4-12/h3-8,16H,9,19H2,1-2H3. The Hall–Kier alpha value is -1.19. The maximum Gasteiger partial charge on any atom is 0.123 e. The third kappa shape index (κ3) is 3.43. The molecule has 100 valence electrons. The van der Waals surface area contributed by atoms with Gasteiger partial charge in [0.25, 0.3) is 0 Å². The van der Waals surface area contributed by atoms with Gasteiger partial charge in [0.1, 0.15) is 5.82 Å². The molecule has 0 heterocycles. The molecular formula is C16H17BrFN. The highest BCUT2D eigenvalue weighted by atomic mass is 79.9. The van der Waals surface area contributed by atoms with Crippen LogP contribution in [0.2, 0.25) is 0 Å². The first-order valence-corrected chi connectivity index (χ1v) is 7.03. The normalized spacial score (nSPS) is 12.5. The van der Waals surface area contributed by atoms with E-state index in [9.17, 15) is 4.39 Å². The minimum absolute atomic E-state index is 0.0720. The number of nitrogens with two attached hydrogens (primary N) is 1. The zero-order valence-corrected chi connectivity index (χ0v) is 12.7. The second kappa shape index (κ2) is 5.85. The van der Waals surface area contributed by atoms with Crippen molar-refractivity contribution < 1.29 is 4.39 Å². The predicted octanol–water partition coefficient (Wildman–Crippen LogP) is 4.45. The van der Waals surface area contributed by atoms with Gasteiger partial charge in [-0.25, -0.2) is 4.39 Å². The van der Waals surface area contributed by atoms with Crippen LogP contribution >= 0.6 is 15.9 Å². The molecule has 2 aromatic carbocycles. The summed E-state index contributed by atoms with van der Waals surface area (Å²) >= 11 is 3.52. The fourth-order valence-corrected chi connectivity index (χ4v) is 2.64. The van der Waals surface area contributed by atoms with Crippen LogP contribution in [0.25, 0.3) is 0 Å². The minimum atomic E-state index is -0.215. The lowest BCUT2D eigenvalue weighted by atomic mass is 9.95. The number of benzene rings is 2. The molecule has 1 unspecified atom stereocenters. The monoisotopic (exact) mass is 321 g/mol. The Kier molecular flexibility index (Phi) is 4.38. The van der Waals surface area contributed by atoms with Crippen molar-refractivity contribution in [2.45, 2.75) is 26.3 Å². The molecule has 2 aromatic rings. The van der Waals surface area contributed by atoms with Gasteiger partial charge in [-0.05, 0) is 60.7 Å². The van der Waals surface area contributed by atoms with E-state index in [0.29, 0.717) is 6.42 Å². The number of rotatable bonds is 3. The molecule has 0 amide bonds.